The maximum absolute atomic E-state index is 11.9. The Kier molecular flexibility index (Phi) is 4.54. The second-order valence-corrected chi connectivity index (χ2v) is 4.80. The van der Waals surface area contributed by atoms with Gasteiger partial charge in [-0.2, -0.15) is 0 Å². The van der Waals surface area contributed by atoms with Gasteiger partial charge in [0.2, 0.25) is 0 Å². The van der Waals surface area contributed by atoms with Crippen LogP contribution in [0.3, 0.4) is 0 Å². The third-order valence-corrected chi connectivity index (χ3v) is 3.41. The molecule has 0 spiro atoms. The van der Waals surface area contributed by atoms with Crippen molar-refractivity contribution in [3.63, 3.8) is 0 Å². The molecule has 1 aliphatic rings. The maximum atomic E-state index is 11.9. The number of hydrogen-bond donors (Lipinski definition) is 0. The molecule has 1 atom stereocenters. The highest BCUT2D eigenvalue weighted by atomic mass is 16.1. The summed E-state index contributed by atoms with van der Waals surface area (Å²) in [6, 6.07) is 10.4. The number of allylic oxidation sites excluding steroid dienone is 2. The zero-order valence-corrected chi connectivity index (χ0v) is 10.3. The molecule has 17 heavy (non-hydrogen) atoms. The lowest BCUT2D eigenvalue weighted by atomic mass is 9.88. The molecule has 1 aromatic carbocycles. The first-order chi connectivity index (χ1) is 8.36. The molecule has 0 aliphatic heterocycles. The minimum absolute atomic E-state index is 0.373. The molecule has 0 saturated heterocycles. The minimum Gasteiger partial charge on any atom is -0.300 e. The van der Waals surface area contributed by atoms with Crippen molar-refractivity contribution in [1.82, 2.24) is 0 Å². The summed E-state index contributed by atoms with van der Waals surface area (Å²) in [5.41, 5.74) is 1.30. The van der Waals surface area contributed by atoms with Crippen LogP contribution in [0.5, 0.6) is 0 Å². The van der Waals surface area contributed by atoms with Crippen molar-refractivity contribution in [2.75, 3.05) is 0 Å². The van der Waals surface area contributed by atoms with Crippen LogP contribution < -0.4 is 0 Å². The standard InChI is InChI=1S/C16H20O/c17-16-12-8-3-1-2-5-11-15(13-16)14-9-6-4-7-10-14/h2,4-7,9-10,15H,1,3,8,11-13H2/b5-2+/t15-/m0/s1. The highest BCUT2D eigenvalue weighted by molar-refractivity contribution is 5.79. The Morgan fingerprint density at radius 2 is 1.82 bits per heavy atom. The first-order valence-electron chi connectivity index (χ1n) is 6.58. The van der Waals surface area contributed by atoms with Crippen LogP contribution in [-0.2, 0) is 4.79 Å². The Labute approximate surface area is 104 Å². The van der Waals surface area contributed by atoms with Gasteiger partial charge in [-0.05, 0) is 37.2 Å². The zero-order chi connectivity index (χ0) is 11.9. The van der Waals surface area contributed by atoms with Crippen molar-refractivity contribution < 1.29 is 4.79 Å². The van der Waals surface area contributed by atoms with E-state index in [1.165, 1.54) is 5.56 Å². The molecule has 2 rings (SSSR count). The average Bonchev–Trinajstić information content (AvgIpc) is 2.38. The summed E-state index contributed by atoms with van der Waals surface area (Å²) in [5, 5.41) is 0. The quantitative estimate of drug-likeness (QED) is 0.657. The predicted octanol–water partition coefficient (Wildman–Crippen LogP) is 4.25. The fourth-order valence-corrected chi connectivity index (χ4v) is 2.40. The number of Topliss-reactive ketones (excluding diaryl/α,β-unsaturated/α-hetero) is 1. The minimum atomic E-state index is 0.373. The smallest absolute Gasteiger partial charge is 0.133 e. The molecule has 0 amide bonds. The van der Waals surface area contributed by atoms with Gasteiger partial charge in [0, 0.05) is 12.8 Å². The van der Waals surface area contributed by atoms with E-state index >= 15 is 0 Å². The van der Waals surface area contributed by atoms with Crippen molar-refractivity contribution in [3.8, 4) is 0 Å². The van der Waals surface area contributed by atoms with Crippen LogP contribution in [0.25, 0.3) is 0 Å². The summed E-state index contributed by atoms with van der Waals surface area (Å²) in [4.78, 5) is 11.9. The SMILES string of the molecule is O=C1CCCC/C=C/C[C@H](c2ccccc2)C1. The van der Waals surface area contributed by atoms with Gasteiger partial charge in [-0.15, -0.1) is 0 Å². The normalized spacial score (nSPS) is 24.2. The second kappa shape index (κ2) is 6.39. The van der Waals surface area contributed by atoms with Crippen molar-refractivity contribution in [2.45, 2.75) is 44.4 Å². The third kappa shape index (κ3) is 3.85. The number of carbonyl (C=O) groups is 1. The number of carbonyl (C=O) groups excluding carboxylic acids is 1. The summed E-state index contributed by atoms with van der Waals surface area (Å²) in [5.74, 6) is 0.798. The average molecular weight is 228 g/mol. The van der Waals surface area contributed by atoms with Gasteiger partial charge < -0.3 is 0 Å². The molecule has 0 N–H and O–H groups in total. The van der Waals surface area contributed by atoms with Crippen LogP contribution in [0.2, 0.25) is 0 Å². The van der Waals surface area contributed by atoms with E-state index in [1.54, 1.807) is 0 Å². The lowest BCUT2D eigenvalue weighted by molar-refractivity contribution is -0.119. The molecule has 1 aliphatic carbocycles. The van der Waals surface area contributed by atoms with Gasteiger partial charge >= 0.3 is 0 Å². The lowest BCUT2D eigenvalue weighted by Crippen LogP contribution is -2.07. The fourth-order valence-electron chi connectivity index (χ4n) is 2.40. The van der Waals surface area contributed by atoms with Gasteiger partial charge in [-0.25, -0.2) is 0 Å². The Balaban J connectivity index is 2.11. The van der Waals surface area contributed by atoms with E-state index in [2.05, 4.69) is 36.4 Å². The zero-order valence-electron chi connectivity index (χ0n) is 10.3. The van der Waals surface area contributed by atoms with Crippen molar-refractivity contribution >= 4 is 5.78 Å². The van der Waals surface area contributed by atoms with E-state index in [0.29, 0.717) is 18.1 Å². The van der Waals surface area contributed by atoms with Crippen LogP contribution in [0.4, 0.5) is 0 Å². The molecular weight excluding hydrogens is 208 g/mol. The molecule has 1 nitrogen and oxygen atoms in total. The van der Waals surface area contributed by atoms with Crippen LogP contribution >= 0.6 is 0 Å². The largest absolute Gasteiger partial charge is 0.300 e. The van der Waals surface area contributed by atoms with Gasteiger partial charge in [0.25, 0.3) is 0 Å². The summed E-state index contributed by atoms with van der Waals surface area (Å²) in [6.45, 7) is 0. The van der Waals surface area contributed by atoms with Gasteiger partial charge in [0.15, 0.2) is 0 Å². The van der Waals surface area contributed by atoms with E-state index in [9.17, 15) is 4.79 Å². The Morgan fingerprint density at radius 3 is 2.65 bits per heavy atom. The number of benzene rings is 1. The maximum Gasteiger partial charge on any atom is 0.133 e. The highest BCUT2D eigenvalue weighted by Crippen LogP contribution is 2.26. The molecule has 0 fully saturated rings. The highest BCUT2D eigenvalue weighted by Gasteiger charge is 2.15. The molecule has 0 unspecified atom stereocenters. The van der Waals surface area contributed by atoms with Crippen molar-refractivity contribution in [2.24, 2.45) is 0 Å². The van der Waals surface area contributed by atoms with Crippen molar-refractivity contribution in [3.05, 3.63) is 48.0 Å². The second-order valence-electron chi connectivity index (χ2n) is 4.80. The Bertz CT molecular complexity index is 378. The number of hydrogen-bond acceptors (Lipinski definition) is 1. The Hall–Kier alpha value is -1.37. The number of rotatable bonds is 1. The van der Waals surface area contributed by atoms with E-state index in [0.717, 1.165) is 32.1 Å². The number of ketones is 1. The molecule has 0 aromatic heterocycles. The molecule has 0 saturated carbocycles. The van der Waals surface area contributed by atoms with Gasteiger partial charge in [-0.1, -0.05) is 42.5 Å². The predicted molar refractivity (Wildman–Crippen MR) is 71.0 cm³/mol. The summed E-state index contributed by atoms with van der Waals surface area (Å²) >= 11 is 0. The first kappa shape index (κ1) is 12.1. The summed E-state index contributed by atoms with van der Waals surface area (Å²) in [7, 11) is 0. The first-order valence-corrected chi connectivity index (χ1v) is 6.58. The summed E-state index contributed by atoms with van der Waals surface area (Å²) < 4.78 is 0. The van der Waals surface area contributed by atoms with Crippen LogP contribution in [0, 0.1) is 0 Å². The van der Waals surface area contributed by atoms with Crippen LogP contribution in [-0.4, -0.2) is 5.78 Å². The van der Waals surface area contributed by atoms with E-state index in [4.69, 9.17) is 0 Å². The van der Waals surface area contributed by atoms with E-state index in [-0.39, 0.29) is 0 Å². The van der Waals surface area contributed by atoms with Gasteiger partial charge in [0.1, 0.15) is 5.78 Å². The molecule has 1 aromatic rings. The molecule has 0 radical (unpaired) electrons. The summed E-state index contributed by atoms with van der Waals surface area (Å²) in [6.07, 6.45) is 10.3. The van der Waals surface area contributed by atoms with Crippen LogP contribution in [0.1, 0.15) is 50.0 Å². The lowest BCUT2D eigenvalue weighted by Gasteiger charge is -2.15. The van der Waals surface area contributed by atoms with Gasteiger partial charge in [-0.3, -0.25) is 4.79 Å². The fraction of sp³-hybridized carbons (Fsp3) is 0.438. The van der Waals surface area contributed by atoms with Gasteiger partial charge in [0.05, 0.1) is 0 Å². The van der Waals surface area contributed by atoms with E-state index < -0.39 is 0 Å². The molecule has 0 bridgehead atoms. The van der Waals surface area contributed by atoms with Crippen LogP contribution in [0.15, 0.2) is 42.5 Å². The molecule has 90 valence electrons. The Morgan fingerprint density at radius 1 is 1.00 bits per heavy atom. The molecule has 1 heteroatoms. The van der Waals surface area contributed by atoms with E-state index in [1.807, 2.05) is 6.07 Å². The molecular formula is C16H20O. The van der Waals surface area contributed by atoms with Crippen molar-refractivity contribution in [1.29, 1.82) is 0 Å². The molecule has 0 heterocycles. The monoisotopic (exact) mass is 228 g/mol. The third-order valence-electron chi connectivity index (χ3n) is 3.41. The topological polar surface area (TPSA) is 17.1 Å².